The summed E-state index contributed by atoms with van der Waals surface area (Å²) in [6.07, 6.45) is 0. The molecular formula is C19H16Cl2N4O3. The van der Waals surface area contributed by atoms with Gasteiger partial charge in [-0.05, 0) is 49.7 Å². The summed E-state index contributed by atoms with van der Waals surface area (Å²) < 4.78 is 1.58. The fraction of sp³-hybridized carbons (Fsp3) is 0.158. The number of hydrogen-bond acceptors (Lipinski definition) is 4. The first-order valence-electron chi connectivity index (χ1n) is 8.30. The third-order valence-electron chi connectivity index (χ3n) is 4.25. The van der Waals surface area contributed by atoms with Crippen LogP contribution in [0.2, 0.25) is 10.0 Å². The van der Waals surface area contributed by atoms with Gasteiger partial charge in [0, 0.05) is 11.3 Å². The van der Waals surface area contributed by atoms with Crippen molar-refractivity contribution < 1.29 is 9.72 Å². The Bertz CT molecular complexity index is 1060. The lowest BCUT2D eigenvalue weighted by Crippen LogP contribution is -2.12. The molecule has 1 heterocycles. The van der Waals surface area contributed by atoms with E-state index in [1.807, 2.05) is 0 Å². The molecule has 0 bridgehead atoms. The van der Waals surface area contributed by atoms with Crippen LogP contribution in [0.25, 0.3) is 0 Å². The van der Waals surface area contributed by atoms with Crippen molar-refractivity contribution in [2.75, 3.05) is 5.32 Å². The van der Waals surface area contributed by atoms with Gasteiger partial charge in [-0.15, -0.1) is 0 Å². The Morgan fingerprint density at radius 2 is 1.82 bits per heavy atom. The van der Waals surface area contributed by atoms with Crippen LogP contribution in [-0.2, 0) is 6.54 Å². The van der Waals surface area contributed by atoms with Gasteiger partial charge < -0.3 is 5.32 Å². The first kappa shape index (κ1) is 19.9. The second-order valence-electron chi connectivity index (χ2n) is 6.21. The van der Waals surface area contributed by atoms with Crippen LogP contribution in [0.5, 0.6) is 0 Å². The number of halogens is 2. The molecule has 7 nitrogen and oxygen atoms in total. The third-order valence-corrected chi connectivity index (χ3v) is 4.99. The number of carbonyl (C=O) groups is 1. The van der Waals surface area contributed by atoms with E-state index in [-0.39, 0.29) is 11.6 Å². The van der Waals surface area contributed by atoms with Crippen LogP contribution in [0.4, 0.5) is 11.4 Å². The van der Waals surface area contributed by atoms with Crippen LogP contribution in [-0.4, -0.2) is 20.6 Å². The van der Waals surface area contributed by atoms with E-state index in [0.29, 0.717) is 39.2 Å². The number of nitro groups is 1. The van der Waals surface area contributed by atoms with Crippen LogP contribution < -0.4 is 5.32 Å². The first-order valence-corrected chi connectivity index (χ1v) is 9.05. The Balaban J connectivity index is 1.73. The molecule has 3 rings (SSSR count). The minimum absolute atomic E-state index is 0.0256. The summed E-state index contributed by atoms with van der Waals surface area (Å²) >= 11 is 11.8. The Morgan fingerprint density at radius 1 is 1.14 bits per heavy atom. The molecule has 0 unspecified atom stereocenters. The molecule has 1 aromatic heterocycles. The fourth-order valence-corrected chi connectivity index (χ4v) is 3.12. The lowest BCUT2D eigenvalue weighted by atomic mass is 10.1. The first-order chi connectivity index (χ1) is 13.3. The van der Waals surface area contributed by atoms with Gasteiger partial charge in [0.05, 0.1) is 21.5 Å². The highest BCUT2D eigenvalue weighted by molar-refractivity contribution is 6.42. The molecule has 0 aliphatic carbocycles. The van der Waals surface area contributed by atoms with Gasteiger partial charge in [-0.25, -0.2) is 0 Å². The van der Waals surface area contributed by atoms with E-state index in [1.165, 1.54) is 0 Å². The van der Waals surface area contributed by atoms with E-state index in [0.717, 1.165) is 5.56 Å². The minimum atomic E-state index is -0.426. The van der Waals surface area contributed by atoms with Crippen molar-refractivity contribution in [2.45, 2.75) is 20.4 Å². The summed E-state index contributed by atoms with van der Waals surface area (Å²) in [7, 11) is 0. The van der Waals surface area contributed by atoms with Crippen molar-refractivity contribution in [3.05, 3.63) is 85.1 Å². The Morgan fingerprint density at radius 3 is 2.39 bits per heavy atom. The molecule has 28 heavy (non-hydrogen) atoms. The topological polar surface area (TPSA) is 90.1 Å². The molecule has 0 saturated carbocycles. The van der Waals surface area contributed by atoms with Crippen molar-refractivity contribution in [1.29, 1.82) is 0 Å². The molecule has 0 atom stereocenters. The highest BCUT2D eigenvalue weighted by atomic mass is 35.5. The number of carbonyl (C=O) groups excluding carboxylic acids is 1. The van der Waals surface area contributed by atoms with Crippen molar-refractivity contribution in [1.82, 2.24) is 9.78 Å². The zero-order valence-corrected chi connectivity index (χ0v) is 16.6. The molecule has 0 saturated heterocycles. The number of benzene rings is 2. The maximum Gasteiger partial charge on any atom is 0.312 e. The molecule has 1 N–H and O–H groups in total. The zero-order chi connectivity index (χ0) is 20.4. The van der Waals surface area contributed by atoms with E-state index < -0.39 is 4.92 Å². The summed E-state index contributed by atoms with van der Waals surface area (Å²) in [6, 6.07) is 11.8. The summed E-state index contributed by atoms with van der Waals surface area (Å²) in [5.74, 6) is -0.285. The molecule has 0 spiro atoms. The van der Waals surface area contributed by atoms with Crippen LogP contribution >= 0.6 is 23.2 Å². The normalized spacial score (nSPS) is 10.7. The molecule has 144 valence electrons. The van der Waals surface area contributed by atoms with Crippen LogP contribution in [0, 0.1) is 24.0 Å². The molecular weight excluding hydrogens is 403 g/mol. The molecule has 1 amide bonds. The number of aryl methyl sites for hydroxylation is 1. The smallest absolute Gasteiger partial charge is 0.312 e. The third kappa shape index (κ3) is 4.16. The lowest BCUT2D eigenvalue weighted by Gasteiger charge is -2.08. The van der Waals surface area contributed by atoms with E-state index in [4.69, 9.17) is 23.2 Å². The standard InChI is InChI=1S/C19H16Cl2N4O3/c1-11-18(25(27)28)12(2)24(23-11)10-13-3-5-14(6-4-13)19(26)22-15-7-8-16(20)17(21)9-15/h3-9H,10H2,1-2H3,(H,22,26). The second-order valence-corrected chi connectivity index (χ2v) is 7.03. The molecule has 9 heteroatoms. The number of nitrogens with one attached hydrogen (secondary N) is 1. The fourth-order valence-electron chi connectivity index (χ4n) is 2.82. The van der Waals surface area contributed by atoms with Gasteiger partial charge in [-0.1, -0.05) is 35.3 Å². The molecule has 0 aliphatic rings. The van der Waals surface area contributed by atoms with Crippen molar-refractivity contribution in [3.63, 3.8) is 0 Å². The van der Waals surface area contributed by atoms with Gasteiger partial charge in [0.1, 0.15) is 11.4 Å². The second kappa shape index (κ2) is 8.00. The zero-order valence-electron chi connectivity index (χ0n) is 15.1. The quantitative estimate of drug-likeness (QED) is 0.465. The predicted molar refractivity (Wildman–Crippen MR) is 108 cm³/mol. The average molecular weight is 419 g/mol. The van der Waals surface area contributed by atoms with Crippen molar-refractivity contribution >= 4 is 40.5 Å². The Hall–Kier alpha value is -2.90. The van der Waals surface area contributed by atoms with E-state index in [1.54, 1.807) is 61.0 Å². The van der Waals surface area contributed by atoms with Gasteiger partial charge in [-0.3, -0.25) is 19.6 Å². The monoisotopic (exact) mass is 418 g/mol. The Labute approximate surface area is 171 Å². The molecule has 2 aromatic carbocycles. The number of rotatable bonds is 5. The van der Waals surface area contributed by atoms with Crippen molar-refractivity contribution in [2.24, 2.45) is 0 Å². The van der Waals surface area contributed by atoms with Gasteiger partial charge in [0.2, 0.25) is 0 Å². The lowest BCUT2D eigenvalue weighted by molar-refractivity contribution is -0.386. The number of nitrogens with zero attached hydrogens (tertiary/aromatic N) is 3. The minimum Gasteiger partial charge on any atom is -0.322 e. The van der Waals surface area contributed by atoms with Crippen LogP contribution in [0.15, 0.2) is 42.5 Å². The summed E-state index contributed by atoms with van der Waals surface area (Å²) in [6.45, 7) is 3.64. The van der Waals surface area contributed by atoms with E-state index in [2.05, 4.69) is 10.4 Å². The summed E-state index contributed by atoms with van der Waals surface area (Å²) in [5, 5.41) is 18.9. The van der Waals surface area contributed by atoms with Gasteiger partial charge >= 0.3 is 5.69 Å². The predicted octanol–water partition coefficient (Wildman–Crippen LogP) is 5.02. The van der Waals surface area contributed by atoms with Gasteiger partial charge in [-0.2, -0.15) is 5.10 Å². The SMILES string of the molecule is Cc1nn(Cc2ccc(C(=O)Nc3ccc(Cl)c(Cl)c3)cc2)c(C)c1[N+](=O)[O-]. The maximum absolute atomic E-state index is 12.4. The van der Waals surface area contributed by atoms with E-state index >= 15 is 0 Å². The summed E-state index contributed by atoms with van der Waals surface area (Å²) in [4.78, 5) is 23.1. The number of amides is 1. The van der Waals surface area contributed by atoms with Gasteiger partial charge in [0.15, 0.2) is 0 Å². The highest BCUT2D eigenvalue weighted by Crippen LogP contribution is 2.25. The summed E-state index contributed by atoms with van der Waals surface area (Å²) in [5.41, 5.74) is 2.76. The van der Waals surface area contributed by atoms with Crippen LogP contribution in [0.1, 0.15) is 27.3 Å². The Kier molecular flexibility index (Phi) is 5.67. The van der Waals surface area contributed by atoms with Gasteiger partial charge in [0.25, 0.3) is 5.91 Å². The average Bonchev–Trinajstić information content (AvgIpc) is 2.92. The van der Waals surface area contributed by atoms with Crippen LogP contribution in [0.3, 0.4) is 0 Å². The molecule has 0 aliphatic heterocycles. The van der Waals surface area contributed by atoms with E-state index in [9.17, 15) is 14.9 Å². The molecule has 3 aromatic rings. The number of anilines is 1. The number of hydrogen-bond donors (Lipinski definition) is 1. The molecule has 0 fully saturated rings. The van der Waals surface area contributed by atoms with Crippen molar-refractivity contribution in [3.8, 4) is 0 Å². The molecule has 0 radical (unpaired) electrons. The number of aromatic nitrogens is 2. The largest absolute Gasteiger partial charge is 0.322 e. The highest BCUT2D eigenvalue weighted by Gasteiger charge is 2.21. The maximum atomic E-state index is 12.4.